The van der Waals surface area contributed by atoms with Crippen molar-refractivity contribution in [2.24, 2.45) is 16.8 Å². The van der Waals surface area contributed by atoms with Crippen LogP contribution in [0.3, 0.4) is 0 Å². The molecule has 0 aromatic heterocycles. The topological polar surface area (TPSA) is 39.7 Å². The number of hydrogen-bond acceptors (Lipinski definition) is 2. The van der Waals surface area contributed by atoms with E-state index in [-0.39, 0.29) is 24.0 Å². The van der Waals surface area contributed by atoms with E-state index in [1.165, 1.54) is 32.5 Å². The third kappa shape index (κ3) is 8.68. The number of likely N-dealkylation sites (tertiary alicyclic amines) is 1. The van der Waals surface area contributed by atoms with Crippen molar-refractivity contribution in [1.29, 1.82) is 0 Å². The predicted octanol–water partition coefficient (Wildman–Crippen LogP) is 2.16. The molecule has 2 N–H and O–H groups in total. The number of nitrogens with one attached hydrogen (secondary N) is 2. The lowest BCUT2D eigenvalue weighted by atomic mass is 10.1. The van der Waals surface area contributed by atoms with E-state index in [2.05, 4.69) is 41.3 Å². The van der Waals surface area contributed by atoms with Gasteiger partial charge in [0.2, 0.25) is 0 Å². The van der Waals surface area contributed by atoms with Crippen LogP contribution in [0.4, 0.5) is 0 Å². The molecule has 19 heavy (non-hydrogen) atoms. The molecule has 0 aliphatic carbocycles. The Balaban J connectivity index is 0.00000324. The van der Waals surface area contributed by atoms with Gasteiger partial charge in [-0.25, -0.2) is 0 Å². The average Bonchev–Trinajstić information content (AvgIpc) is 2.81. The van der Waals surface area contributed by atoms with Crippen LogP contribution in [0.25, 0.3) is 0 Å². The van der Waals surface area contributed by atoms with E-state index >= 15 is 0 Å². The molecule has 0 spiro atoms. The van der Waals surface area contributed by atoms with Crippen LogP contribution in [0.2, 0.25) is 0 Å². The highest BCUT2D eigenvalue weighted by atomic mass is 127. The van der Waals surface area contributed by atoms with Crippen LogP contribution in [0, 0.1) is 11.8 Å². The zero-order chi connectivity index (χ0) is 13.4. The van der Waals surface area contributed by atoms with Gasteiger partial charge >= 0.3 is 0 Å². The Bertz CT molecular complexity index is 250. The standard InChI is InChI=1S/C14H30N4.HI/c1-12(2)9-16-14(15-4)17-10-13(3)11-18-7-5-6-8-18;/h12-13H,5-11H2,1-4H3,(H2,15,16,17);1H. The summed E-state index contributed by atoms with van der Waals surface area (Å²) in [5.74, 6) is 2.24. The van der Waals surface area contributed by atoms with Crippen LogP contribution >= 0.6 is 24.0 Å². The lowest BCUT2D eigenvalue weighted by Crippen LogP contribution is -2.42. The molecule has 1 heterocycles. The maximum Gasteiger partial charge on any atom is 0.190 e. The average molecular weight is 382 g/mol. The Morgan fingerprint density at radius 3 is 2.21 bits per heavy atom. The molecule has 0 saturated carbocycles. The predicted molar refractivity (Wildman–Crippen MR) is 94.5 cm³/mol. The molecule has 4 nitrogen and oxygen atoms in total. The molecule has 1 unspecified atom stereocenters. The largest absolute Gasteiger partial charge is 0.356 e. The maximum atomic E-state index is 4.24. The van der Waals surface area contributed by atoms with E-state index in [1.54, 1.807) is 0 Å². The minimum absolute atomic E-state index is 0. The van der Waals surface area contributed by atoms with Crippen molar-refractivity contribution in [2.75, 3.05) is 39.8 Å². The van der Waals surface area contributed by atoms with Gasteiger partial charge in [0.25, 0.3) is 0 Å². The zero-order valence-corrected chi connectivity index (χ0v) is 15.2. The van der Waals surface area contributed by atoms with E-state index in [9.17, 15) is 0 Å². The molecular formula is C14H31IN4. The molecule has 0 radical (unpaired) electrons. The lowest BCUT2D eigenvalue weighted by Gasteiger charge is -2.21. The summed E-state index contributed by atoms with van der Waals surface area (Å²) in [5.41, 5.74) is 0. The van der Waals surface area contributed by atoms with Crippen molar-refractivity contribution >= 4 is 29.9 Å². The second-order valence-corrected chi connectivity index (χ2v) is 5.84. The second-order valence-electron chi connectivity index (χ2n) is 5.84. The first kappa shape index (κ1) is 19.0. The van der Waals surface area contributed by atoms with Crippen molar-refractivity contribution < 1.29 is 0 Å². The third-order valence-corrected chi connectivity index (χ3v) is 3.29. The monoisotopic (exact) mass is 382 g/mol. The van der Waals surface area contributed by atoms with Crippen molar-refractivity contribution in [3.05, 3.63) is 0 Å². The molecule has 0 aromatic rings. The zero-order valence-electron chi connectivity index (χ0n) is 12.9. The molecule has 5 heteroatoms. The Morgan fingerprint density at radius 1 is 1.11 bits per heavy atom. The molecule has 1 fully saturated rings. The number of hydrogen-bond donors (Lipinski definition) is 2. The summed E-state index contributed by atoms with van der Waals surface area (Å²) in [6.07, 6.45) is 2.75. The van der Waals surface area contributed by atoms with Gasteiger partial charge in [-0.3, -0.25) is 4.99 Å². The van der Waals surface area contributed by atoms with Gasteiger partial charge in [-0.2, -0.15) is 0 Å². The van der Waals surface area contributed by atoms with E-state index in [1.807, 2.05) is 7.05 Å². The summed E-state index contributed by atoms with van der Waals surface area (Å²) >= 11 is 0. The SMILES string of the molecule is CN=C(NCC(C)C)NCC(C)CN1CCCC1.I. The summed E-state index contributed by atoms with van der Waals surface area (Å²) in [6, 6.07) is 0. The summed E-state index contributed by atoms with van der Waals surface area (Å²) in [5, 5.41) is 6.75. The lowest BCUT2D eigenvalue weighted by molar-refractivity contribution is 0.287. The molecular weight excluding hydrogens is 351 g/mol. The number of halogens is 1. The first-order valence-electron chi connectivity index (χ1n) is 7.28. The van der Waals surface area contributed by atoms with Gasteiger partial charge in [0.05, 0.1) is 0 Å². The Kier molecular flexibility index (Phi) is 10.7. The quantitative estimate of drug-likeness (QED) is 0.420. The summed E-state index contributed by atoms with van der Waals surface area (Å²) in [6.45, 7) is 12.4. The van der Waals surface area contributed by atoms with E-state index in [4.69, 9.17) is 0 Å². The van der Waals surface area contributed by atoms with Crippen LogP contribution in [-0.2, 0) is 0 Å². The number of rotatable bonds is 6. The van der Waals surface area contributed by atoms with Crippen LogP contribution in [0.5, 0.6) is 0 Å². The first-order valence-corrected chi connectivity index (χ1v) is 7.28. The molecule has 0 aromatic carbocycles. The third-order valence-electron chi connectivity index (χ3n) is 3.29. The fraction of sp³-hybridized carbons (Fsp3) is 0.929. The minimum Gasteiger partial charge on any atom is -0.356 e. The number of guanidine groups is 1. The van der Waals surface area contributed by atoms with Crippen LogP contribution in [0.15, 0.2) is 4.99 Å². The Labute approximate surface area is 135 Å². The van der Waals surface area contributed by atoms with Gasteiger partial charge in [-0.1, -0.05) is 20.8 Å². The van der Waals surface area contributed by atoms with Gasteiger partial charge in [-0.15, -0.1) is 24.0 Å². The molecule has 0 amide bonds. The molecule has 1 saturated heterocycles. The Morgan fingerprint density at radius 2 is 1.68 bits per heavy atom. The van der Waals surface area contributed by atoms with Crippen molar-refractivity contribution in [3.63, 3.8) is 0 Å². The molecule has 1 atom stereocenters. The van der Waals surface area contributed by atoms with E-state index < -0.39 is 0 Å². The van der Waals surface area contributed by atoms with Crippen molar-refractivity contribution in [3.8, 4) is 0 Å². The molecule has 0 bridgehead atoms. The molecule has 114 valence electrons. The maximum absolute atomic E-state index is 4.24. The van der Waals surface area contributed by atoms with Crippen LogP contribution in [0.1, 0.15) is 33.6 Å². The highest BCUT2D eigenvalue weighted by molar-refractivity contribution is 14.0. The van der Waals surface area contributed by atoms with Gasteiger partial charge < -0.3 is 15.5 Å². The highest BCUT2D eigenvalue weighted by Gasteiger charge is 2.14. The smallest absolute Gasteiger partial charge is 0.190 e. The van der Waals surface area contributed by atoms with Gasteiger partial charge in [0, 0.05) is 26.7 Å². The fourth-order valence-electron chi connectivity index (χ4n) is 2.26. The van der Waals surface area contributed by atoms with E-state index in [0.29, 0.717) is 11.8 Å². The molecule has 1 aliphatic rings. The van der Waals surface area contributed by atoms with Gasteiger partial charge in [-0.05, 0) is 37.8 Å². The number of aliphatic imine (C=N–C) groups is 1. The highest BCUT2D eigenvalue weighted by Crippen LogP contribution is 2.09. The van der Waals surface area contributed by atoms with Crippen molar-refractivity contribution in [2.45, 2.75) is 33.6 Å². The number of nitrogens with zero attached hydrogens (tertiary/aromatic N) is 2. The minimum atomic E-state index is 0. The Hall–Kier alpha value is -0.0400. The van der Waals surface area contributed by atoms with Crippen LogP contribution < -0.4 is 10.6 Å². The van der Waals surface area contributed by atoms with E-state index in [0.717, 1.165) is 19.0 Å². The molecule has 1 rings (SSSR count). The van der Waals surface area contributed by atoms with Gasteiger partial charge in [0.15, 0.2) is 5.96 Å². The second kappa shape index (κ2) is 10.7. The molecule has 1 aliphatic heterocycles. The van der Waals surface area contributed by atoms with Gasteiger partial charge in [0.1, 0.15) is 0 Å². The summed E-state index contributed by atoms with van der Waals surface area (Å²) in [4.78, 5) is 6.81. The first-order chi connectivity index (χ1) is 8.61. The fourth-order valence-corrected chi connectivity index (χ4v) is 2.26. The van der Waals surface area contributed by atoms with Crippen LogP contribution in [-0.4, -0.2) is 50.6 Å². The summed E-state index contributed by atoms with van der Waals surface area (Å²) in [7, 11) is 1.83. The normalized spacial score (nSPS) is 18.3. The summed E-state index contributed by atoms with van der Waals surface area (Å²) < 4.78 is 0. The van der Waals surface area contributed by atoms with Crippen molar-refractivity contribution in [1.82, 2.24) is 15.5 Å².